The lowest BCUT2D eigenvalue weighted by Crippen LogP contribution is -1.97. The molecule has 16 heavy (non-hydrogen) atoms. The molecule has 0 radical (unpaired) electrons. The van der Waals surface area contributed by atoms with E-state index in [0.717, 1.165) is 25.1 Å². The van der Waals surface area contributed by atoms with Gasteiger partial charge in [0, 0.05) is 17.8 Å². The van der Waals surface area contributed by atoms with Gasteiger partial charge in [0.15, 0.2) is 0 Å². The summed E-state index contributed by atoms with van der Waals surface area (Å²) >= 11 is 0. The Morgan fingerprint density at radius 1 is 1.31 bits per heavy atom. The monoisotopic (exact) mass is 217 g/mol. The summed E-state index contributed by atoms with van der Waals surface area (Å²) in [7, 11) is 1.71. The molecule has 0 amide bonds. The minimum absolute atomic E-state index is 0.934. The van der Waals surface area contributed by atoms with Gasteiger partial charge in [0.05, 0.1) is 7.11 Å². The van der Waals surface area contributed by atoms with Crippen molar-refractivity contribution < 1.29 is 4.74 Å². The quantitative estimate of drug-likeness (QED) is 0.709. The minimum atomic E-state index is 0.934. The molecule has 2 rings (SSSR count). The molecule has 0 bridgehead atoms. The highest BCUT2D eigenvalue weighted by molar-refractivity contribution is 6.04. The van der Waals surface area contributed by atoms with Gasteiger partial charge >= 0.3 is 0 Å². The van der Waals surface area contributed by atoms with Crippen LogP contribution < -0.4 is 4.74 Å². The van der Waals surface area contributed by atoms with Gasteiger partial charge in [-0.05, 0) is 37.0 Å². The number of aryl methyl sites for hydroxylation is 1. The van der Waals surface area contributed by atoms with Gasteiger partial charge in [0.1, 0.15) is 5.75 Å². The van der Waals surface area contributed by atoms with Crippen LogP contribution in [0, 0.1) is 0 Å². The highest BCUT2D eigenvalue weighted by Crippen LogP contribution is 2.26. The molecule has 1 aliphatic rings. The van der Waals surface area contributed by atoms with Crippen LogP contribution in [-0.4, -0.2) is 19.4 Å². The standard InChI is InChI=1S/C14H19NO/c1-3-4-9-15-14-8-6-11-5-7-12(16-2)10-13(11)14/h5,7,10H,3-4,6,8-9H2,1-2H3. The number of hydrogen-bond acceptors (Lipinski definition) is 2. The van der Waals surface area contributed by atoms with E-state index in [0.29, 0.717) is 0 Å². The predicted molar refractivity (Wildman–Crippen MR) is 67.6 cm³/mol. The zero-order chi connectivity index (χ0) is 11.4. The molecule has 2 heteroatoms. The summed E-state index contributed by atoms with van der Waals surface area (Å²) in [4.78, 5) is 4.69. The van der Waals surface area contributed by atoms with Crippen molar-refractivity contribution in [2.45, 2.75) is 32.6 Å². The molecule has 1 aliphatic carbocycles. The van der Waals surface area contributed by atoms with Crippen LogP contribution in [0.2, 0.25) is 0 Å². The van der Waals surface area contributed by atoms with Gasteiger partial charge in [0.25, 0.3) is 0 Å². The van der Waals surface area contributed by atoms with Crippen LogP contribution >= 0.6 is 0 Å². The SMILES string of the molecule is CCCCN=C1CCc2ccc(OC)cc21. The lowest BCUT2D eigenvalue weighted by atomic mass is 10.1. The molecule has 1 aromatic carbocycles. The highest BCUT2D eigenvalue weighted by Gasteiger charge is 2.17. The summed E-state index contributed by atoms with van der Waals surface area (Å²) in [5.41, 5.74) is 3.98. The van der Waals surface area contributed by atoms with Crippen LogP contribution in [0.1, 0.15) is 37.3 Å². The molecule has 0 aromatic heterocycles. The molecule has 2 nitrogen and oxygen atoms in total. The Labute approximate surface area is 97.4 Å². The summed E-state index contributed by atoms with van der Waals surface area (Å²) in [6.45, 7) is 3.16. The van der Waals surface area contributed by atoms with Gasteiger partial charge in [-0.1, -0.05) is 19.4 Å². The third-order valence-corrected chi connectivity index (χ3v) is 3.07. The van der Waals surface area contributed by atoms with Crippen molar-refractivity contribution in [2.24, 2.45) is 4.99 Å². The highest BCUT2D eigenvalue weighted by atomic mass is 16.5. The zero-order valence-electron chi connectivity index (χ0n) is 10.1. The average molecular weight is 217 g/mol. The summed E-state index contributed by atoms with van der Waals surface area (Å²) in [6, 6.07) is 6.32. The largest absolute Gasteiger partial charge is 0.497 e. The molecule has 0 saturated carbocycles. The second kappa shape index (κ2) is 5.15. The summed E-state index contributed by atoms with van der Waals surface area (Å²) in [6.07, 6.45) is 4.61. The first-order valence-electron chi connectivity index (χ1n) is 6.05. The van der Waals surface area contributed by atoms with Crippen molar-refractivity contribution in [3.63, 3.8) is 0 Å². The fourth-order valence-electron chi connectivity index (χ4n) is 2.09. The van der Waals surface area contributed by atoms with Crippen molar-refractivity contribution in [2.75, 3.05) is 13.7 Å². The molecule has 0 N–H and O–H groups in total. The van der Waals surface area contributed by atoms with E-state index in [9.17, 15) is 0 Å². The summed E-state index contributed by atoms with van der Waals surface area (Å²) < 4.78 is 5.26. The number of methoxy groups -OCH3 is 1. The van der Waals surface area contributed by atoms with Crippen molar-refractivity contribution in [3.8, 4) is 5.75 Å². The number of rotatable bonds is 4. The van der Waals surface area contributed by atoms with Crippen LogP contribution in [0.4, 0.5) is 0 Å². The lowest BCUT2D eigenvalue weighted by Gasteiger charge is -2.04. The van der Waals surface area contributed by atoms with E-state index in [1.54, 1.807) is 7.11 Å². The van der Waals surface area contributed by atoms with Crippen LogP contribution in [0.15, 0.2) is 23.2 Å². The van der Waals surface area contributed by atoms with E-state index >= 15 is 0 Å². The normalized spacial score (nSPS) is 16.5. The first kappa shape index (κ1) is 11.2. The van der Waals surface area contributed by atoms with E-state index in [4.69, 9.17) is 9.73 Å². The Kier molecular flexibility index (Phi) is 3.60. The maximum absolute atomic E-state index is 5.26. The molecule has 86 valence electrons. The Bertz CT molecular complexity index is 396. The molecule has 0 atom stereocenters. The number of ether oxygens (including phenoxy) is 1. The number of fused-ring (bicyclic) bond motifs is 1. The van der Waals surface area contributed by atoms with Crippen molar-refractivity contribution >= 4 is 5.71 Å². The van der Waals surface area contributed by atoms with E-state index in [1.807, 2.05) is 6.07 Å². The molecule has 0 fully saturated rings. The van der Waals surface area contributed by atoms with Crippen molar-refractivity contribution in [1.82, 2.24) is 0 Å². The van der Waals surface area contributed by atoms with Gasteiger partial charge in [-0.15, -0.1) is 0 Å². The number of nitrogens with zero attached hydrogens (tertiary/aromatic N) is 1. The van der Waals surface area contributed by atoms with Gasteiger partial charge in [0.2, 0.25) is 0 Å². The molecule has 0 unspecified atom stereocenters. The summed E-state index contributed by atoms with van der Waals surface area (Å²) in [5.74, 6) is 0.934. The predicted octanol–water partition coefficient (Wildman–Crippen LogP) is 3.23. The minimum Gasteiger partial charge on any atom is -0.497 e. The molecular weight excluding hydrogens is 198 g/mol. The van der Waals surface area contributed by atoms with Crippen LogP contribution in [-0.2, 0) is 6.42 Å². The van der Waals surface area contributed by atoms with Gasteiger partial charge in [-0.25, -0.2) is 0 Å². The molecule has 0 heterocycles. The number of benzene rings is 1. The van der Waals surface area contributed by atoms with Crippen LogP contribution in [0.25, 0.3) is 0 Å². The lowest BCUT2D eigenvalue weighted by molar-refractivity contribution is 0.414. The summed E-state index contributed by atoms with van der Waals surface area (Å²) in [5, 5.41) is 0. The van der Waals surface area contributed by atoms with Gasteiger partial charge in [-0.3, -0.25) is 4.99 Å². The van der Waals surface area contributed by atoms with E-state index in [-0.39, 0.29) is 0 Å². The first-order chi connectivity index (χ1) is 7.85. The number of unbranched alkanes of at least 4 members (excludes halogenated alkanes) is 1. The third kappa shape index (κ3) is 2.26. The van der Waals surface area contributed by atoms with E-state index < -0.39 is 0 Å². The Balaban J connectivity index is 2.20. The van der Waals surface area contributed by atoms with E-state index in [2.05, 4.69) is 19.1 Å². The first-order valence-corrected chi connectivity index (χ1v) is 6.05. The number of aliphatic imine (C=N–C) groups is 1. The molecular formula is C14H19NO. The maximum Gasteiger partial charge on any atom is 0.119 e. The van der Waals surface area contributed by atoms with Crippen LogP contribution in [0.5, 0.6) is 5.75 Å². The molecule has 1 aromatic rings. The smallest absolute Gasteiger partial charge is 0.119 e. The second-order valence-electron chi connectivity index (χ2n) is 4.21. The average Bonchev–Trinajstić information content (AvgIpc) is 2.72. The van der Waals surface area contributed by atoms with Crippen molar-refractivity contribution in [1.29, 1.82) is 0 Å². The fraction of sp³-hybridized carbons (Fsp3) is 0.500. The van der Waals surface area contributed by atoms with Crippen molar-refractivity contribution in [3.05, 3.63) is 29.3 Å². The molecule has 0 saturated heterocycles. The Hall–Kier alpha value is -1.31. The fourth-order valence-corrected chi connectivity index (χ4v) is 2.09. The Morgan fingerprint density at radius 2 is 2.19 bits per heavy atom. The Morgan fingerprint density at radius 3 is 2.94 bits per heavy atom. The van der Waals surface area contributed by atoms with Crippen LogP contribution in [0.3, 0.4) is 0 Å². The van der Waals surface area contributed by atoms with Gasteiger partial charge < -0.3 is 4.74 Å². The third-order valence-electron chi connectivity index (χ3n) is 3.07. The van der Waals surface area contributed by atoms with Gasteiger partial charge in [-0.2, -0.15) is 0 Å². The molecule has 0 aliphatic heterocycles. The number of hydrogen-bond donors (Lipinski definition) is 0. The molecule has 0 spiro atoms. The second-order valence-corrected chi connectivity index (χ2v) is 4.21. The topological polar surface area (TPSA) is 21.6 Å². The maximum atomic E-state index is 5.26. The zero-order valence-corrected chi connectivity index (χ0v) is 10.1. The van der Waals surface area contributed by atoms with E-state index in [1.165, 1.54) is 29.7 Å².